The van der Waals surface area contributed by atoms with E-state index in [-0.39, 0.29) is 17.5 Å². The summed E-state index contributed by atoms with van der Waals surface area (Å²) in [5.74, 6) is -1.89. The van der Waals surface area contributed by atoms with Gasteiger partial charge in [-0.3, -0.25) is 14.3 Å². The first-order valence-corrected chi connectivity index (χ1v) is 6.73. The number of fused-ring (bicyclic) bond motifs is 1. The molecule has 1 aromatic carbocycles. The van der Waals surface area contributed by atoms with E-state index < -0.39 is 17.8 Å². The van der Waals surface area contributed by atoms with Crippen LogP contribution in [0.15, 0.2) is 36.5 Å². The topological polar surface area (TPSA) is 81.5 Å². The van der Waals surface area contributed by atoms with E-state index in [0.717, 1.165) is 5.69 Å². The van der Waals surface area contributed by atoms with Crippen molar-refractivity contribution in [2.45, 2.75) is 12.8 Å². The summed E-state index contributed by atoms with van der Waals surface area (Å²) in [5.41, 5.74) is 1.22. The molecular formula is C15H13N3O4. The summed E-state index contributed by atoms with van der Waals surface area (Å²) in [6.07, 6.45) is 2.18. The number of aromatic nitrogens is 2. The zero-order valence-corrected chi connectivity index (χ0v) is 11.9. The smallest absolute Gasteiger partial charge is 0.330 e. The number of amides is 2. The number of hydrogen-bond acceptors (Lipinski definition) is 5. The quantitative estimate of drug-likeness (QED) is 0.790. The maximum Gasteiger partial charge on any atom is 0.333 e. The molecule has 2 aromatic rings. The van der Waals surface area contributed by atoms with E-state index in [2.05, 4.69) is 5.10 Å². The average Bonchev–Trinajstić information content (AvgIpc) is 3.03. The molecule has 0 spiro atoms. The predicted molar refractivity (Wildman–Crippen MR) is 74.6 cm³/mol. The maximum absolute atomic E-state index is 12.0. The van der Waals surface area contributed by atoms with Crippen LogP contribution in [0.3, 0.4) is 0 Å². The fourth-order valence-corrected chi connectivity index (χ4v) is 2.22. The molecule has 0 bridgehead atoms. The van der Waals surface area contributed by atoms with E-state index in [9.17, 15) is 14.4 Å². The Balaban J connectivity index is 1.63. The highest BCUT2D eigenvalue weighted by Gasteiger charge is 2.38. The van der Waals surface area contributed by atoms with Gasteiger partial charge in [0, 0.05) is 19.7 Å². The largest absolute Gasteiger partial charge is 0.333 e. The molecule has 0 atom stereocenters. The van der Waals surface area contributed by atoms with Gasteiger partial charge in [0.2, 0.25) is 0 Å². The van der Waals surface area contributed by atoms with Crippen LogP contribution in [0.25, 0.3) is 0 Å². The minimum absolute atomic E-state index is 0.0322. The molecule has 2 heterocycles. The van der Waals surface area contributed by atoms with Gasteiger partial charge in [-0.2, -0.15) is 5.10 Å². The highest BCUT2D eigenvalue weighted by Crippen LogP contribution is 2.22. The van der Waals surface area contributed by atoms with Crippen LogP contribution in [0.1, 0.15) is 32.8 Å². The number of hydroxylamine groups is 2. The monoisotopic (exact) mass is 299 g/mol. The Labute approximate surface area is 126 Å². The van der Waals surface area contributed by atoms with Gasteiger partial charge < -0.3 is 4.84 Å². The summed E-state index contributed by atoms with van der Waals surface area (Å²) < 4.78 is 1.63. The summed E-state index contributed by atoms with van der Waals surface area (Å²) in [5, 5.41) is 4.66. The van der Waals surface area contributed by atoms with Crippen LogP contribution in [-0.4, -0.2) is 32.6 Å². The van der Waals surface area contributed by atoms with Crippen molar-refractivity contribution in [3.63, 3.8) is 0 Å². The highest BCUT2D eigenvalue weighted by atomic mass is 16.7. The second kappa shape index (κ2) is 5.44. The molecule has 0 saturated heterocycles. The summed E-state index contributed by atoms with van der Waals surface area (Å²) >= 11 is 0. The molecular weight excluding hydrogens is 286 g/mol. The van der Waals surface area contributed by atoms with Crippen molar-refractivity contribution in [3.8, 4) is 0 Å². The van der Waals surface area contributed by atoms with E-state index in [1.807, 2.05) is 0 Å². The molecule has 112 valence electrons. The van der Waals surface area contributed by atoms with E-state index in [4.69, 9.17) is 4.84 Å². The standard InChI is InChI=1S/C15H13N3O4/c1-17-9-8-10(16-17)6-7-13(19)22-18-14(20)11-4-2-3-5-12(11)15(18)21/h2-5,8-9H,6-7H2,1H3. The Morgan fingerprint density at radius 1 is 1.14 bits per heavy atom. The second-order valence-corrected chi connectivity index (χ2v) is 4.89. The normalized spacial score (nSPS) is 13.4. The van der Waals surface area contributed by atoms with Crippen molar-refractivity contribution < 1.29 is 19.2 Å². The van der Waals surface area contributed by atoms with Crippen molar-refractivity contribution in [2.75, 3.05) is 0 Å². The lowest BCUT2D eigenvalue weighted by molar-refractivity contribution is -0.168. The molecule has 22 heavy (non-hydrogen) atoms. The third-order valence-corrected chi connectivity index (χ3v) is 3.30. The van der Waals surface area contributed by atoms with Crippen molar-refractivity contribution in [2.24, 2.45) is 7.05 Å². The molecule has 7 heteroatoms. The lowest BCUT2D eigenvalue weighted by atomic mass is 10.1. The van der Waals surface area contributed by atoms with Gasteiger partial charge in [0.1, 0.15) is 0 Å². The zero-order chi connectivity index (χ0) is 15.7. The Morgan fingerprint density at radius 3 is 2.32 bits per heavy atom. The van der Waals surface area contributed by atoms with Gasteiger partial charge in [-0.05, 0) is 18.2 Å². The highest BCUT2D eigenvalue weighted by molar-refractivity contribution is 6.20. The zero-order valence-electron chi connectivity index (χ0n) is 11.9. The first kappa shape index (κ1) is 14.0. The SMILES string of the molecule is Cn1ccc(CCC(=O)ON2C(=O)c3ccccc3C2=O)n1. The van der Waals surface area contributed by atoms with E-state index >= 15 is 0 Å². The molecule has 0 aliphatic carbocycles. The number of rotatable bonds is 4. The molecule has 0 unspecified atom stereocenters. The third kappa shape index (κ3) is 2.48. The van der Waals surface area contributed by atoms with Crippen molar-refractivity contribution >= 4 is 17.8 Å². The fourth-order valence-electron chi connectivity index (χ4n) is 2.22. The van der Waals surface area contributed by atoms with E-state index in [1.165, 1.54) is 12.1 Å². The van der Waals surface area contributed by atoms with Gasteiger partial charge in [-0.15, -0.1) is 0 Å². The maximum atomic E-state index is 12.0. The van der Waals surface area contributed by atoms with Crippen LogP contribution in [-0.2, 0) is 23.1 Å². The van der Waals surface area contributed by atoms with E-state index in [1.54, 1.807) is 36.1 Å². The van der Waals surface area contributed by atoms with Gasteiger partial charge in [-0.1, -0.05) is 17.2 Å². The Morgan fingerprint density at radius 2 is 1.77 bits per heavy atom. The lowest BCUT2D eigenvalue weighted by Gasteiger charge is -2.12. The summed E-state index contributed by atoms with van der Waals surface area (Å²) in [6.45, 7) is 0. The van der Waals surface area contributed by atoms with Gasteiger partial charge in [0.15, 0.2) is 0 Å². The molecule has 1 aromatic heterocycles. The Hall–Kier alpha value is -2.96. The molecule has 7 nitrogen and oxygen atoms in total. The van der Waals surface area contributed by atoms with E-state index in [0.29, 0.717) is 11.5 Å². The van der Waals surface area contributed by atoms with Gasteiger partial charge in [-0.25, -0.2) is 4.79 Å². The first-order chi connectivity index (χ1) is 10.6. The van der Waals surface area contributed by atoms with Crippen LogP contribution in [0, 0.1) is 0 Å². The molecule has 0 N–H and O–H groups in total. The average molecular weight is 299 g/mol. The number of benzene rings is 1. The van der Waals surface area contributed by atoms with Crippen LogP contribution in [0.5, 0.6) is 0 Å². The van der Waals surface area contributed by atoms with Crippen LogP contribution in [0.4, 0.5) is 0 Å². The molecule has 0 saturated carbocycles. The van der Waals surface area contributed by atoms with Gasteiger partial charge in [0.05, 0.1) is 23.2 Å². The van der Waals surface area contributed by atoms with Crippen LogP contribution in [0.2, 0.25) is 0 Å². The van der Waals surface area contributed by atoms with Gasteiger partial charge >= 0.3 is 5.97 Å². The number of carbonyl (C=O) groups is 3. The first-order valence-electron chi connectivity index (χ1n) is 6.73. The van der Waals surface area contributed by atoms with Gasteiger partial charge in [0.25, 0.3) is 11.8 Å². The number of hydrogen-bond donors (Lipinski definition) is 0. The van der Waals surface area contributed by atoms with Crippen molar-refractivity contribution in [3.05, 3.63) is 53.3 Å². The molecule has 1 aliphatic heterocycles. The second-order valence-electron chi connectivity index (χ2n) is 4.89. The number of imide groups is 1. The lowest BCUT2D eigenvalue weighted by Crippen LogP contribution is -2.32. The fraction of sp³-hybridized carbons (Fsp3) is 0.200. The Kier molecular flexibility index (Phi) is 3.46. The van der Waals surface area contributed by atoms with Crippen LogP contribution < -0.4 is 0 Å². The van der Waals surface area contributed by atoms with Crippen LogP contribution >= 0.6 is 0 Å². The summed E-state index contributed by atoms with van der Waals surface area (Å²) in [4.78, 5) is 40.8. The molecule has 0 fully saturated rings. The number of nitrogens with zero attached hydrogens (tertiary/aromatic N) is 3. The minimum atomic E-state index is -0.653. The number of aryl methyl sites for hydroxylation is 2. The minimum Gasteiger partial charge on any atom is -0.330 e. The molecule has 1 aliphatic rings. The third-order valence-electron chi connectivity index (χ3n) is 3.30. The summed E-state index contributed by atoms with van der Waals surface area (Å²) in [7, 11) is 1.78. The molecule has 2 amide bonds. The number of carbonyl (C=O) groups excluding carboxylic acids is 3. The predicted octanol–water partition coefficient (Wildman–Crippen LogP) is 1.11. The Bertz CT molecular complexity index is 731. The van der Waals surface area contributed by atoms with Crippen molar-refractivity contribution in [1.82, 2.24) is 14.8 Å². The molecule has 3 rings (SSSR count). The molecule has 0 radical (unpaired) electrons. The summed E-state index contributed by atoms with van der Waals surface area (Å²) in [6, 6.07) is 8.14. The van der Waals surface area contributed by atoms with Crippen molar-refractivity contribution in [1.29, 1.82) is 0 Å².